The number of hydrogen-bond donors (Lipinski definition) is 0. The zero-order valence-electron chi connectivity index (χ0n) is 11.1. The first-order valence-electron chi connectivity index (χ1n) is 6.46. The van der Waals surface area contributed by atoms with E-state index in [1.807, 2.05) is 12.1 Å². The van der Waals surface area contributed by atoms with Gasteiger partial charge >= 0.3 is 5.97 Å². The van der Waals surface area contributed by atoms with Crippen LogP contribution in [0.15, 0.2) is 30.3 Å². The number of halogens is 1. The predicted molar refractivity (Wildman–Crippen MR) is 72.1 cm³/mol. The molecular weight excluding hydrogens is 245 g/mol. The molecule has 0 saturated carbocycles. The molecule has 0 amide bonds. The van der Waals surface area contributed by atoms with Gasteiger partial charge < -0.3 is 4.74 Å². The third-order valence-corrected chi connectivity index (χ3v) is 3.22. The Hall–Kier alpha value is -1.68. The second-order valence-corrected chi connectivity index (χ2v) is 4.63. The monoisotopic (exact) mass is 263 g/mol. The van der Waals surface area contributed by atoms with Crippen molar-refractivity contribution in [2.75, 3.05) is 26.2 Å². The smallest absolute Gasteiger partial charge is 0.302 e. The quantitative estimate of drug-likeness (QED) is 0.782. The second kappa shape index (κ2) is 6.48. The van der Waals surface area contributed by atoms with E-state index >= 15 is 0 Å². The molecule has 0 atom stereocenters. The zero-order valence-corrected chi connectivity index (χ0v) is 11.1. The number of hydrogen-bond acceptors (Lipinski definition) is 3. The van der Waals surface area contributed by atoms with E-state index < -0.39 is 0 Å². The Morgan fingerprint density at radius 3 is 2.68 bits per heavy atom. The molecule has 1 aliphatic rings. The van der Waals surface area contributed by atoms with Gasteiger partial charge in [0.2, 0.25) is 0 Å². The minimum Gasteiger partial charge on any atom is -0.465 e. The lowest BCUT2D eigenvalue weighted by Gasteiger charge is -2.26. The first-order valence-corrected chi connectivity index (χ1v) is 6.46. The van der Waals surface area contributed by atoms with E-state index in [9.17, 15) is 9.18 Å². The first kappa shape index (κ1) is 13.7. The minimum atomic E-state index is -0.237. The molecule has 1 heterocycles. The van der Waals surface area contributed by atoms with Crippen LogP contribution >= 0.6 is 0 Å². The highest BCUT2D eigenvalue weighted by atomic mass is 19.1. The van der Waals surface area contributed by atoms with Crippen LogP contribution in [0.1, 0.15) is 18.9 Å². The number of benzene rings is 1. The maximum atomic E-state index is 12.9. The Bertz CT molecular complexity index is 468. The van der Waals surface area contributed by atoms with Crippen molar-refractivity contribution in [3.63, 3.8) is 0 Å². The highest BCUT2D eigenvalue weighted by Crippen LogP contribution is 2.22. The van der Waals surface area contributed by atoms with Gasteiger partial charge in [-0.2, -0.15) is 0 Å². The van der Waals surface area contributed by atoms with Crippen LogP contribution in [0.3, 0.4) is 0 Å². The number of nitrogens with zero attached hydrogens (tertiary/aromatic N) is 1. The van der Waals surface area contributed by atoms with Crippen molar-refractivity contribution in [1.29, 1.82) is 0 Å². The fourth-order valence-corrected chi connectivity index (χ4v) is 2.16. The molecule has 0 saturated heterocycles. The van der Waals surface area contributed by atoms with Crippen molar-refractivity contribution < 1.29 is 13.9 Å². The van der Waals surface area contributed by atoms with E-state index in [0.717, 1.165) is 31.6 Å². The van der Waals surface area contributed by atoms with Crippen molar-refractivity contribution >= 4 is 11.5 Å². The standard InChI is InChI=1S/C15H18FNO2/c1-12(18)19-11-10-17-8-6-14(7-9-17)13-2-4-15(16)5-3-13/h2-6H,7-11H2,1H3. The topological polar surface area (TPSA) is 29.5 Å². The van der Waals surface area contributed by atoms with Crippen molar-refractivity contribution in [2.45, 2.75) is 13.3 Å². The van der Waals surface area contributed by atoms with Gasteiger partial charge in [0.25, 0.3) is 0 Å². The van der Waals surface area contributed by atoms with Crippen molar-refractivity contribution in [3.05, 3.63) is 41.7 Å². The molecule has 0 fully saturated rings. The molecular formula is C15H18FNO2. The number of carbonyl (C=O) groups is 1. The lowest BCUT2D eigenvalue weighted by Crippen LogP contribution is -2.32. The van der Waals surface area contributed by atoms with Crippen LogP contribution in [0.4, 0.5) is 4.39 Å². The Morgan fingerprint density at radius 1 is 1.37 bits per heavy atom. The van der Waals surface area contributed by atoms with Gasteiger partial charge in [0.1, 0.15) is 12.4 Å². The zero-order chi connectivity index (χ0) is 13.7. The Labute approximate surface area is 112 Å². The predicted octanol–water partition coefficient (Wildman–Crippen LogP) is 2.48. The molecule has 0 N–H and O–H groups in total. The molecule has 3 nitrogen and oxygen atoms in total. The largest absolute Gasteiger partial charge is 0.465 e. The van der Waals surface area contributed by atoms with E-state index in [2.05, 4.69) is 11.0 Å². The van der Waals surface area contributed by atoms with Crippen LogP contribution in [-0.2, 0) is 9.53 Å². The highest BCUT2D eigenvalue weighted by Gasteiger charge is 2.12. The minimum absolute atomic E-state index is 0.205. The SMILES string of the molecule is CC(=O)OCCN1CC=C(c2ccc(F)cc2)CC1. The van der Waals surface area contributed by atoms with Crippen LogP contribution in [0.25, 0.3) is 5.57 Å². The summed E-state index contributed by atoms with van der Waals surface area (Å²) in [6, 6.07) is 6.61. The molecule has 0 aliphatic carbocycles. The molecule has 1 aliphatic heterocycles. The molecule has 0 radical (unpaired) electrons. The van der Waals surface area contributed by atoms with Crippen LogP contribution < -0.4 is 0 Å². The van der Waals surface area contributed by atoms with Gasteiger partial charge in [-0.1, -0.05) is 18.2 Å². The van der Waals surface area contributed by atoms with Gasteiger partial charge in [-0.25, -0.2) is 4.39 Å². The van der Waals surface area contributed by atoms with Gasteiger partial charge in [0.05, 0.1) is 0 Å². The lowest BCUT2D eigenvalue weighted by molar-refractivity contribution is -0.141. The van der Waals surface area contributed by atoms with Crippen LogP contribution in [0.5, 0.6) is 0 Å². The summed E-state index contributed by atoms with van der Waals surface area (Å²) in [4.78, 5) is 12.9. The summed E-state index contributed by atoms with van der Waals surface area (Å²) in [7, 11) is 0. The molecule has 102 valence electrons. The van der Waals surface area contributed by atoms with E-state index in [4.69, 9.17) is 4.74 Å². The number of carbonyl (C=O) groups excluding carboxylic acids is 1. The van der Waals surface area contributed by atoms with Gasteiger partial charge in [0.15, 0.2) is 0 Å². The molecule has 1 aromatic rings. The highest BCUT2D eigenvalue weighted by molar-refractivity contribution is 5.66. The Balaban J connectivity index is 1.85. The van der Waals surface area contributed by atoms with Gasteiger partial charge in [-0.15, -0.1) is 0 Å². The number of rotatable bonds is 4. The lowest BCUT2D eigenvalue weighted by atomic mass is 9.99. The molecule has 2 rings (SSSR count). The van der Waals surface area contributed by atoms with E-state index in [1.54, 1.807) is 0 Å². The van der Waals surface area contributed by atoms with Crippen LogP contribution in [0.2, 0.25) is 0 Å². The summed E-state index contributed by atoms with van der Waals surface area (Å²) < 4.78 is 17.8. The molecule has 4 heteroatoms. The summed E-state index contributed by atoms with van der Waals surface area (Å²) in [6.07, 6.45) is 3.09. The Kier molecular flexibility index (Phi) is 4.68. The molecule has 0 unspecified atom stereocenters. The fourth-order valence-electron chi connectivity index (χ4n) is 2.16. The van der Waals surface area contributed by atoms with E-state index in [1.165, 1.54) is 24.6 Å². The number of esters is 1. The van der Waals surface area contributed by atoms with E-state index in [-0.39, 0.29) is 11.8 Å². The summed E-state index contributed by atoms with van der Waals surface area (Å²) in [5.74, 6) is -0.442. The fraction of sp³-hybridized carbons (Fsp3) is 0.400. The van der Waals surface area contributed by atoms with E-state index in [0.29, 0.717) is 6.61 Å². The molecule has 19 heavy (non-hydrogen) atoms. The third-order valence-electron chi connectivity index (χ3n) is 3.22. The maximum absolute atomic E-state index is 12.9. The summed E-state index contributed by atoms with van der Waals surface area (Å²) in [5.41, 5.74) is 2.34. The number of ether oxygens (including phenoxy) is 1. The summed E-state index contributed by atoms with van der Waals surface area (Å²) >= 11 is 0. The normalized spacial score (nSPS) is 16.0. The van der Waals surface area contributed by atoms with Crippen molar-refractivity contribution in [3.8, 4) is 0 Å². The second-order valence-electron chi connectivity index (χ2n) is 4.63. The van der Waals surface area contributed by atoms with Crippen molar-refractivity contribution in [1.82, 2.24) is 4.90 Å². The average Bonchev–Trinajstić information content (AvgIpc) is 2.40. The van der Waals surface area contributed by atoms with Gasteiger partial charge in [-0.05, 0) is 29.7 Å². The molecule has 0 aromatic heterocycles. The maximum Gasteiger partial charge on any atom is 0.302 e. The van der Waals surface area contributed by atoms with Gasteiger partial charge in [0, 0.05) is 26.6 Å². The van der Waals surface area contributed by atoms with Crippen molar-refractivity contribution in [2.24, 2.45) is 0 Å². The van der Waals surface area contributed by atoms with Crippen LogP contribution in [0, 0.1) is 5.82 Å². The van der Waals surface area contributed by atoms with Gasteiger partial charge in [-0.3, -0.25) is 9.69 Å². The third kappa shape index (κ3) is 4.17. The van der Waals surface area contributed by atoms with Crippen LogP contribution in [-0.4, -0.2) is 37.1 Å². The molecule has 0 bridgehead atoms. The molecule has 1 aromatic carbocycles. The summed E-state index contributed by atoms with van der Waals surface area (Å²) in [6.45, 7) is 4.39. The first-order chi connectivity index (χ1) is 9.15. The molecule has 0 spiro atoms. The summed E-state index contributed by atoms with van der Waals surface area (Å²) in [5, 5.41) is 0. The average molecular weight is 263 g/mol. The Morgan fingerprint density at radius 2 is 2.11 bits per heavy atom.